The number of alkyl halides is 4. The summed E-state index contributed by atoms with van der Waals surface area (Å²) in [6.45, 7) is 1.85. The van der Waals surface area contributed by atoms with Gasteiger partial charge in [0.25, 0.3) is 0 Å². The Morgan fingerprint density at radius 1 is 1.17 bits per heavy atom. The third-order valence-electron chi connectivity index (χ3n) is 2.78. The number of benzene rings is 1. The van der Waals surface area contributed by atoms with Crippen molar-refractivity contribution in [1.82, 2.24) is 0 Å². The number of halogens is 4. The number of carbonyl (C=O) groups excluding carboxylic acids is 2. The molecule has 1 rings (SSSR count). The Balaban J connectivity index is 2.73. The Kier molecular flexibility index (Phi) is 6.99. The number of esters is 1. The van der Waals surface area contributed by atoms with Gasteiger partial charge in [0.2, 0.25) is 0 Å². The first-order valence-electron chi connectivity index (χ1n) is 6.90. The van der Waals surface area contributed by atoms with Gasteiger partial charge in [0.1, 0.15) is 5.75 Å². The van der Waals surface area contributed by atoms with Crippen molar-refractivity contribution in [3.63, 3.8) is 0 Å². The van der Waals surface area contributed by atoms with Crippen LogP contribution in [-0.2, 0) is 9.53 Å². The molecule has 0 aliphatic rings. The maximum absolute atomic E-state index is 13.0. The Hall–Kier alpha value is -2.12. The van der Waals surface area contributed by atoms with Crippen LogP contribution in [0.4, 0.5) is 17.6 Å². The maximum atomic E-state index is 13.0. The van der Waals surface area contributed by atoms with Crippen LogP contribution in [0.1, 0.15) is 36.5 Å². The van der Waals surface area contributed by atoms with Crippen LogP contribution in [0.5, 0.6) is 5.75 Å². The molecule has 0 radical (unpaired) electrons. The van der Waals surface area contributed by atoms with E-state index in [1.807, 2.05) is 0 Å². The van der Waals surface area contributed by atoms with E-state index in [0.29, 0.717) is 0 Å². The zero-order valence-corrected chi connectivity index (χ0v) is 12.4. The summed E-state index contributed by atoms with van der Waals surface area (Å²) in [5.74, 6) is -1.69. The molecule has 1 aromatic rings. The summed E-state index contributed by atoms with van der Waals surface area (Å²) >= 11 is 0. The molecule has 1 aromatic carbocycles. The lowest BCUT2D eigenvalue weighted by molar-refractivity contribution is -0.253. The molecule has 4 nitrogen and oxygen atoms in total. The highest BCUT2D eigenvalue weighted by Gasteiger charge is 2.44. The molecule has 0 saturated heterocycles. The molecule has 0 aliphatic heterocycles. The fourth-order valence-electron chi connectivity index (χ4n) is 1.74. The molecule has 0 spiro atoms. The molecule has 0 saturated carbocycles. The summed E-state index contributed by atoms with van der Waals surface area (Å²) in [7, 11) is 0. The van der Waals surface area contributed by atoms with Crippen molar-refractivity contribution in [1.29, 1.82) is 0 Å². The van der Waals surface area contributed by atoms with Crippen LogP contribution in [0.3, 0.4) is 0 Å². The molecule has 23 heavy (non-hydrogen) atoms. The van der Waals surface area contributed by atoms with Gasteiger partial charge in [-0.05, 0) is 25.5 Å². The third-order valence-corrected chi connectivity index (χ3v) is 2.78. The number of carbonyl (C=O) groups is 2. The minimum atomic E-state index is -4.69. The second-order valence-corrected chi connectivity index (χ2v) is 4.54. The topological polar surface area (TPSA) is 52.6 Å². The predicted molar refractivity (Wildman–Crippen MR) is 72.8 cm³/mol. The van der Waals surface area contributed by atoms with E-state index < -0.39 is 30.0 Å². The van der Waals surface area contributed by atoms with Crippen molar-refractivity contribution in [2.45, 2.75) is 38.7 Å². The van der Waals surface area contributed by atoms with E-state index in [1.54, 1.807) is 6.92 Å². The summed E-state index contributed by atoms with van der Waals surface area (Å²) in [6.07, 6.45) is -8.69. The van der Waals surface area contributed by atoms with Gasteiger partial charge in [-0.15, -0.1) is 0 Å². The average molecular weight is 336 g/mol. The molecule has 0 bridgehead atoms. The zero-order valence-electron chi connectivity index (χ0n) is 12.4. The van der Waals surface area contributed by atoms with Gasteiger partial charge in [0.15, 0.2) is 5.78 Å². The Morgan fingerprint density at radius 3 is 2.43 bits per heavy atom. The van der Waals surface area contributed by atoms with Gasteiger partial charge in [-0.2, -0.15) is 17.6 Å². The first-order valence-corrected chi connectivity index (χ1v) is 6.90. The monoisotopic (exact) mass is 336 g/mol. The fraction of sp³-hybridized carbons (Fsp3) is 0.467. The first kappa shape index (κ1) is 18.9. The van der Waals surface area contributed by atoms with Gasteiger partial charge in [0, 0.05) is 12.8 Å². The molecule has 128 valence electrons. The number of hydrogen-bond donors (Lipinski definition) is 0. The standard InChI is InChI=1S/C15H16F4O4/c1-2-22-13(21)9-5-7-11(20)10-6-3-4-8-12(10)23-15(18,19)14(16)17/h3-4,6,8,14H,2,5,7,9H2,1H3. The van der Waals surface area contributed by atoms with Crippen molar-refractivity contribution in [2.24, 2.45) is 0 Å². The number of ketones is 1. The van der Waals surface area contributed by atoms with Gasteiger partial charge in [-0.3, -0.25) is 9.59 Å². The summed E-state index contributed by atoms with van der Waals surface area (Å²) < 4.78 is 59.0. The molecule has 0 aromatic heterocycles. The predicted octanol–water partition coefficient (Wildman–Crippen LogP) is 3.84. The molecule has 0 unspecified atom stereocenters. The van der Waals surface area contributed by atoms with Crippen molar-refractivity contribution in [3.8, 4) is 5.75 Å². The normalized spacial score (nSPS) is 11.4. The second-order valence-electron chi connectivity index (χ2n) is 4.54. The minimum absolute atomic E-state index is 0.00417. The molecule has 0 heterocycles. The zero-order chi connectivity index (χ0) is 17.5. The quantitative estimate of drug-likeness (QED) is 0.391. The molecule has 0 N–H and O–H groups in total. The number of ether oxygens (including phenoxy) is 2. The van der Waals surface area contributed by atoms with Crippen LogP contribution in [-0.4, -0.2) is 30.9 Å². The molecular formula is C15H16F4O4. The van der Waals surface area contributed by atoms with Crippen molar-refractivity contribution >= 4 is 11.8 Å². The lowest BCUT2D eigenvalue weighted by atomic mass is 10.0. The van der Waals surface area contributed by atoms with Crippen LogP contribution in [0.2, 0.25) is 0 Å². The van der Waals surface area contributed by atoms with E-state index in [1.165, 1.54) is 18.2 Å². The lowest BCUT2D eigenvalue weighted by Crippen LogP contribution is -2.34. The highest BCUT2D eigenvalue weighted by Crippen LogP contribution is 2.30. The first-order chi connectivity index (χ1) is 10.8. The van der Waals surface area contributed by atoms with E-state index in [4.69, 9.17) is 0 Å². The van der Waals surface area contributed by atoms with E-state index in [0.717, 1.165) is 6.07 Å². The number of rotatable bonds is 9. The van der Waals surface area contributed by atoms with Crippen LogP contribution in [0, 0.1) is 0 Å². The molecule has 0 fully saturated rings. The SMILES string of the molecule is CCOC(=O)CCCC(=O)c1ccccc1OC(F)(F)C(F)F. The number of Topliss-reactive ketones (excluding diaryl/α,β-unsaturated/α-hetero) is 1. The van der Waals surface area contributed by atoms with Crippen molar-refractivity contribution < 1.29 is 36.6 Å². The maximum Gasteiger partial charge on any atom is 0.461 e. The van der Waals surface area contributed by atoms with Crippen LogP contribution < -0.4 is 4.74 Å². The van der Waals surface area contributed by atoms with Crippen LogP contribution in [0.15, 0.2) is 24.3 Å². The number of para-hydroxylation sites is 1. The van der Waals surface area contributed by atoms with Crippen LogP contribution in [0.25, 0.3) is 0 Å². The Labute approximate surface area is 130 Å². The van der Waals surface area contributed by atoms with E-state index in [2.05, 4.69) is 9.47 Å². The molecule has 0 atom stereocenters. The van der Waals surface area contributed by atoms with Crippen molar-refractivity contribution in [3.05, 3.63) is 29.8 Å². The smallest absolute Gasteiger partial charge is 0.461 e. The van der Waals surface area contributed by atoms with E-state index in [-0.39, 0.29) is 31.4 Å². The van der Waals surface area contributed by atoms with Crippen LogP contribution >= 0.6 is 0 Å². The molecule has 8 heteroatoms. The Bertz CT molecular complexity index is 546. The Morgan fingerprint density at radius 2 is 1.83 bits per heavy atom. The van der Waals surface area contributed by atoms with E-state index in [9.17, 15) is 27.2 Å². The number of hydrogen-bond acceptors (Lipinski definition) is 4. The lowest BCUT2D eigenvalue weighted by Gasteiger charge is -2.18. The highest BCUT2D eigenvalue weighted by molar-refractivity contribution is 5.98. The molecular weight excluding hydrogens is 320 g/mol. The van der Waals surface area contributed by atoms with Gasteiger partial charge in [-0.25, -0.2) is 0 Å². The largest absolute Gasteiger partial charge is 0.466 e. The van der Waals surface area contributed by atoms with Crippen molar-refractivity contribution in [2.75, 3.05) is 6.61 Å². The van der Waals surface area contributed by atoms with Gasteiger partial charge >= 0.3 is 18.5 Å². The fourth-order valence-corrected chi connectivity index (χ4v) is 1.74. The molecule has 0 amide bonds. The minimum Gasteiger partial charge on any atom is -0.466 e. The summed E-state index contributed by atoms with van der Waals surface area (Å²) in [4.78, 5) is 23.1. The summed E-state index contributed by atoms with van der Waals surface area (Å²) in [5, 5.41) is 0. The summed E-state index contributed by atoms with van der Waals surface area (Å²) in [6, 6.07) is 4.89. The average Bonchev–Trinajstić information content (AvgIpc) is 2.47. The highest BCUT2D eigenvalue weighted by atomic mass is 19.3. The summed E-state index contributed by atoms with van der Waals surface area (Å²) in [5.41, 5.74) is -0.239. The van der Waals surface area contributed by atoms with Gasteiger partial charge in [-0.1, -0.05) is 12.1 Å². The molecule has 0 aliphatic carbocycles. The third kappa shape index (κ3) is 5.88. The van der Waals surface area contributed by atoms with E-state index >= 15 is 0 Å². The second kappa shape index (κ2) is 8.50. The van der Waals surface area contributed by atoms with Gasteiger partial charge in [0.05, 0.1) is 12.2 Å². The van der Waals surface area contributed by atoms with Gasteiger partial charge < -0.3 is 9.47 Å².